The molecule has 4 heteroatoms. The van der Waals surface area contributed by atoms with Gasteiger partial charge in [0.25, 0.3) is 0 Å². The highest BCUT2D eigenvalue weighted by molar-refractivity contribution is 7.79. The Bertz CT molecular complexity index is 199. The van der Waals surface area contributed by atoms with Crippen molar-refractivity contribution >= 4 is 46.3 Å². The second-order valence-electron chi connectivity index (χ2n) is 1.15. The van der Waals surface area contributed by atoms with Crippen LogP contribution in [0.1, 0.15) is 0 Å². The highest BCUT2D eigenvalue weighted by Gasteiger charge is 1.82. The lowest BCUT2D eigenvalue weighted by Crippen LogP contribution is -1.41. The Morgan fingerprint density at radius 2 is 2.40 bits per heavy atom. The smallest absolute Gasteiger partial charge is 0.126 e. The Kier molecular flexibility index (Phi) is 6.86. The van der Waals surface area contributed by atoms with Gasteiger partial charge in [0.05, 0.1) is 5.16 Å². The zero-order valence-electron chi connectivity index (χ0n) is 5.44. The maximum absolute atomic E-state index is 4.39. The van der Waals surface area contributed by atoms with E-state index in [1.54, 1.807) is 17.6 Å². The third-order valence-electron chi connectivity index (χ3n) is 0.662. The van der Waals surface area contributed by atoms with Crippen LogP contribution in [0.5, 0.6) is 0 Å². The minimum Gasteiger partial charge on any atom is -0.184 e. The van der Waals surface area contributed by atoms with E-state index < -0.39 is 0 Å². The fourth-order valence-electron chi connectivity index (χ4n) is 0.378. The van der Waals surface area contributed by atoms with Crippen LogP contribution in [0, 0.1) is 0 Å². The van der Waals surface area contributed by atoms with Crippen molar-refractivity contribution in [3.63, 3.8) is 0 Å². The monoisotopic (exact) mass is 189 g/mol. The summed E-state index contributed by atoms with van der Waals surface area (Å²) < 4.78 is 0. The summed E-state index contributed by atoms with van der Waals surface area (Å²) in [6, 6.07) is 3.82. The minimum atomic E-state index is 0.917. The lowest BCUT2D eigenvalue weighted by Gasteiger charge is -1.70. The van der Waals surface area contributed by atoms with Crippen LogP contribution in [-0.4, -0.2) is 11.4 Å². The number of thiol groups is 1. The van der Waals surface area contributed by atoms with Gasteiger partial charge in [0, 0.05) is 0 Å². The first kappa shape index (κ1) is 9.85. The Labute approximate surface area is 75.2 Å². The van der Waals surface area contributed by atoms with Crippen molar-refractivity contribution in [2.45, 2.75) is 0 Å². The zero-order chi connectivity index (χ0) is 7.82. The van der Waals surface area contributed by atoms with Gasteiger partial charge >= 0.3 is 0 Å². The summed E-state index contributed by atoms with van der Waals surface area (Å²) in [6.07, 6.45) is 1.69. The summed E-state index contributed by atoms with van der Waals surface area (Å²) in [4.78, 5) is 3.75. The van der Waals surface area contributed by atoms with Crippen molar-refractivity contribution < 1.29 is 0 Å². The van der Waals surface area contributed by atoms with Crippen LogP contribution in [0.25, 0.3) is 0 Å². The third-order valence-corrected chi connectivity index (χ3v) is 1.52. The second-order valence-corrected chi connectivity index (χ2v) is 2.26. The number of thiocarbonyl (C=S) groups is 1. The van der Waals surface area contributed by atoms with Gasteiger partial charge in [0.15, 0.2) is 0 Å². The maximum Gasteiger partial charge on any atom is 0.126 e. The fourth-order valence-corrected chi connectivity index (χ4v) is 1.09. The number of nitrogens with zero attached hydrogens (tertiary/aromatic N) is 1. The molecule has 1 aromatic rings. The van der Waals surface area contributed by atoms with E-state index in [0.29, 0.717) is 0 Å². The lowest BCUT2D eigenvalue weighted by atomic mass is 10.6. The average Bonchev–Trinajstić information content (AvgIpc) is 2.46. The molecule has 1 heterocycles. The Hall–Kier alpha value is -0.150. The van der Waals surface area contributed by atoms with Gasteiger partial charge < -0.3 is 0 Å². The van der Waals surface area contributed by atoms with Crippen molar-refractivity contribution in [3.8, 4) is 0 Å². The molecule has 0 fully saturated rings. The second kappa shape index (κ2) is 6.96. The van der Waals surface area contributed by atoms with Crippen molar-refractivity contribution in [2.24, 2.45) is 4.99 Å². The molecule has 0 unspecified atom stereocenters. The Morgan fingerprint density at radius 3 is 2.80 bits per heavy atom. The fraction of sp³-hybridized carbons (Fsp3) is 0.167. The van der Waals surface area contributed by atoms with E-state index >= 15 is 0 Å². The molecule has 0 atom stereocenters. The number of hydrogen-bond acceptors (Lipinski definition) is 4. The molecule has 1 aromatic heterocycles. The molecule has 0 radical (unpaired) electrons. The molecule has 0 amide bonds. The van der Waals surface area contributed by atoms with E-state index in [1.807, 2.05) is 17.5 Å². The van der Waals surface area contributed by atoms with E-state index in [0.717, 1.165) is 5.00 Å². The SMILES string of the molecule is CS.S=C=Nc1cccs1. The van der Waals surface area contributed by atoms with Crippen LogP contribution in [-0.2, 0) is 0 Å². The van der Waals surface area contributed by atoms with Crippen LogP contribution in [0.15, 0.2) is 22.5 Å². The molecule has 1 rings (SSSR count). The van der Waals surface area contributed by atoms with Crippen molar-refractivity contribution in [1.29, 1.82) is 0 Å². The van der Waals surface area contributed by atoms with Crippen LogP contribution >= 0.6 is 36.2 Å². The molecule has 0 aromatic carbocycles. The number of hydrogen-bond donors (Lipinski definition) is 1. The van der Waals surface area contributed by atoms with Crippen LogP contribution in [0.4, 0.5) is 5.00 Å². The molecule has 0 N–H and O–H groups in total. The molecule has 0 aliphatic heterocycles. The van der Waals surface area contributed by atoms with E-state index in [4.69, 9.17) is 0 Å². The molecular weight excluding hydrogens is 182 g/mol. The molecule has 10 heavy (non-hydrogen) atoms. The van der Waals surface area contributed by atoms with Gasteiger partial charge in [0.2, 0.25) is 0 Å². The van der Waals surface area contributed by atoms with Crippen molar-refractivity contribution in [1.82, 2.24) is 0 Å². The summed E-state index contributed by atoms with van der Waals surface area (Å²) in [5.41, 5.74) is 0. The molecule has 0 saturated heterocycles. The predicted octanol–water partition coefficient (Wildman–Crippen LogP) is 3.03. The minimum absolute atomic E-state index is 0.917. The predicted molar refractivity (Wildman–Crippen MR) is 53.9 cm³/mol. The van der Waals surface area contributed by atoms with Gasteiger partial charge in [0.1, 0.15) is 5.00 Å². The summed E-state index contributed by atoms with van der Waals surface area (Å²) in [5.74, 6) is 0. The maximum atomic E-state index is 4.39. The topological polar surface area (TPSA) is 12.4 Å². The van der Waals surface area contributed by atoms with Crippen molar-refractivity contribution in [3.05, 3.63) is 17.5 Å². The highest BCUT2D eigenvalue weighted by atomic mass is 32.1. The van der Waals surface area contributed by atoms with Crippen LogP contribution in [0.2, 0.25) is 0 Å². The first-order valence-corrected chi connectivity index (χ1v) is 4.68. The zero-order valence-corrected chi connectivity index (χ0v) is 7.97. The number of aliphatic imine (C=N–C) groups is 1. The van der Waals surface area contributed by atoms with Gasteiger partial charge in [-0.2, -0.15) is 17.6 Å². The first-order chi connectivity index (χ1) is 4.93. The van der Waals surface area contributed by atoms with Gasteiger partial charge in [-0.15, -0.1) is 11.3 Å². The summed E-state index contributed by atoms with van der Waals surface area (Å²) in [5, 5.41) is 5.16. The normalized spacial score (nSPS) is 7.00. The summed E-state index contributed by atoms with van der Waals surface area (Å²) >= 11 is 9.47. The largest absolute Gasteiger partial charge is 0.184 e. The van der Waals surface area contributed by atoms with Crippen LogP contribution in [0.3, 0.4) is 0 Å². The molecule has 0 aliphatic rings. The summed E-state index contributed by atoms with van der Waals surface area (Å²) in [7, 11) is 0. The lowest BCUT2D eigenvalue weighted by molar-refractivity contribution is 1.69. The third kappa shape index (κ3) is 3.80. The van der Waals surface area contributed by atoms with Gasteiger partial charge in [-0.1, -0.05) is 0 Å². The van der Waals surface area contributed by atoms with Gasteiger partial charge in [-0.05, 0) is 36.0 Å². The van der Waals surface area contributed by atoms with E-state index in [1.165, 1.54) is 0 Å². The Morgan fingerprint density at radius 1 is 1.70 bits per heavy atom. The first-order valence-electron chi connectivity index (χ1n) is 2.49. The van der Waals surface area contributed by atoms with E-state index in [9.17, 15) is 0 Å². The molecule has 0 aliphatic carbocycles. The quantitative estimate of drug-likeness (QED) is 0.407. The summed E-state index contributed by atoms with van der Waals surface area (Å²) in [6.45, 7) is 0. The number of thiophene rings is 1. The van der Waals surface area contributed by atoms with Crippen LogP contribution < -0.4 is 0 Å². The average molecular weight is 189 g/mol. The molecule has 54 valence electrons. The van der Waals surface area contributed by atoms with Gasteiger partial charge in [-0.25, -0.2) is 0 Å². The number of isothiocyanates is 1. The van der Waals surface area contributed by atoms with E-state index in [2.05, 4.69) is 35.0 Å². The van der Waals surface area contributed by atoms with Crippen molar-refractivity contribution in [2.75, 3.05) is 6.26 Å². The molecular formula is C6H7NS3. The highest BCUT2D eigenvalue weighted by Crippen LogP contribution is 2.17. The molecule has 0 bridgehead atoms. The molecule has 0 saturated carbocycles. The van der Waals surface area contributed by atoms with E-state index in [-0.39, 0.29) is 0 Å². The standard InChI is InChI=1S/C5H3NS2.CH4S/c7-4-6-5-2-1-3-8-5;1-2/h1-3H;2H,1H3. The molecule has 1 nitrogen and oxygen atoms in total. The number of rotatable bonds is 1. The Balaban J connectivity index is 0.000000371. The molecule has 0 spiro atoms. The van der Waals surface area contributed by atoms with Gasteiger partial charge in [-0.3, -0.25) is 0 Å².